The van der Waals surface area contributed by atoms with E-state index in [9.17, 15) is 0 Å². The van der Waals surface area contributed by atoms with Gasteiger partial charge in [-0.3, -0.25) is 9.97 Å². The Morgan fingerprint density at radius 1 is 0.343 bits per heavy atom. The predicted octanol–water partition coefficient (Wildman–Crippen LogP) is 15.0. The van der Waals surface area contributed by atoms with Crippen molar-refractivity contribution < 1.29 is 52.4 Å². The van der Waals surface area contributed by atoms with Crippen molar-refractivity contribution >= 4 is 22.7 Å². The molecule has 4 aromatic carbocycles. The third-order valence-electron chi connectivity index (χ3n) is 8.74. The molecule has 14 heteroatoms. The van der Waals surface area contributed by atoms with Crippen LogP contribution in [0.1, 0.15) is 33.6 Å². The Labute approximate surface area is 465 Å². The first-order valence-corrected chi connectivity index (χ1v) is 22.4. The van der Waals surface area contributed by atoms with E-state index in [1.165, 1.54) is 55.9 Å². The second-order valence-corrected chi connectivity index (χ2v) is 15.6. The van der Waals surface area contributed by atoms with Crippen molar-refractivity contribution in [1.82, 2.24) is 9.97 Å². The summed E-state index contributed by atoms with van der Waals surface area (Å²) in [6.07, 6.45) is 3.63. The first-order valence-electron chi connectivity index (χ1n) is 22.4. The van der Waals surface area contributed by atoms with Crippen LogP contribution in [0.4, 0.5) is 22.7 Å². The molecule has 0 radical (unpaired) electrons. The molecule has 0 fully saturated rings. The normalized spacial score (nSPS) is 9.09. The number of benzene rings is 4. The number of hydrogen-bond acceptors (Lipinski definition) is 4. The standard InChI is InChI=1S/2C22H24N3.6C2H6N.2Zr/c2*1-16-9-7-12-19(24-15-18-11-5-6-14-23-18)21(16)22-17(2)10-8-13-20(22)25(3)4;6*1-3-2;;/h2*5-14H,15H2,1-4H3;6*1-2H3;;/q8*-1;2*+4. The number of aryl methyl sites for hydroxylation is 4. The second-order valence-electron chi connectivity index (χ2n) is 15.6. The molecule has 0 saturated carbocycles. The number of aromatic nitrogens is 2. The van der Waals surface area contributed by atoms with Crippen LogP contribution >= 0.6 is 0 Å². The summed E-state index contributed by atoms with van der Waals surface area (Å²) in [7, 11) is 29.3. The molecule has 0 aliphatic carbocycles. The largest absolute Gasteiger partial charge is 4.00 e. The van der Waals surface area contributed by atoms with E-state index in [0.29, 0.717) is 13.1 Å². The molecule has 0 N–H and O–H groups in total. The third kappa shape index (κ3) is 28.7. The van der Waals surface area contributed by atoms with Crippen molar-refractivity contribution in [3.63, 3.8) is 0 Å². The molecule has 0 atom stereocenters. The smallest absolute Gasteiger partial charge is 0.679 e. The van der Waals surface area contributed by atoms with Crippen LogP contribution in [0.5, 0.6) is 0 Å². The van der Waals surface area contributed by atoms with Gasteiger partial charge in [0.1, 0.15) is 0 Å². The number of rotatable bonds is 10. The van der Waals surface area contributed by atoms with E-state index >= 15 is 0 Å². The Bertz CT molecular complexity index is 1980. The molecular weight excluding hydrogens is 1020 g/mol. The SMILES string of the molecule is C[N-]C.C[N-]C.C[N-]C.C[N-]C.C[N-]C.C[N-]C.Cc1cccc([N-]Cc2ccccn2)c1-c1c(C)cccc1N(C)C.Cc1cccc([N-]Cc2ccccn2)c1-c1c(C)cccc1N(C)C.[Zr+4].[Zr+4]. The van der Waals surface area contributed by atoms with E-state index in [0.717, 1.165) is 22.8 Å². The average Bonchev–Trinajstić information content (AvgIpc) is 3.30. The zero-order chi connectivity index (χ0) is 51.9. The molecule has 0 amide bonds. The first kappa shape index (κ1) is 72.4. The van der Waals surface area contributed by atoms with Crippen LogP contribution in [-0.2, 0) is 65.5 Å². The average molecular weight is 1110 g/mol. The summed E-state index contributed by atoms with van der Waals surface area (Å²) in [5.74, 6) is 0. The zero-order valence-electron chi connectivity index (χ0n) is 46.3. The first-order chi connectivity index (χ1) is 32.6. The molecule has 2 aromatic heterocycles. The maximum atomic E-state index is 4.87. The molecule has 0 aliphatic heterocycles. The quantitative estimate of drug-likeness (QED) is 0.134. The molecule has 12 nitrogen and oxygen atoms in total. The Morgan fingerprint density at radius 3 is 0.843 bits per heavy atom. The molecule has 376 valence electrons. The van der Waals surface area contributed by atoms with Gasteiger partial charge in [0.15, 0.2) is 0 Å². The minimum absolute atomic E-state index is 0. The Hall–Kier alpha value is -4.09. The zero-order valence-corrected chi connectivity index (χ0v) is 51.2. The van der Waals surface area contributed by atoms with Gasteiger partial charge in [0, 0.05) is 74.5 Å². The fraction of sp³-hybridized carbons (Fsp3) is 0.393. The molecule has 0 bridgehead atoms. The number of hydrogen-bond donors (Lipinski definition) is 0. The molecule has 2 heterocycles. The van der Waals surface area contributed by atoms with Crippen LogP contribution in [-0.4, -0.2) is 123 Å². The van der Waals surface area contributed by atoms with Gasteiger partial charge in [-0.1, -0.05) is 85.9 Å². The number of anilines is 2. The van der Waals surface area contributed by atoms with Gasteiger partial charge in [0.2, 0.25) is 0 Å². The van der Waals surface area contributed by atoms with Crippen molar-refractivity contribution in [3.05, 3.63) is 198 Å². The summed E-state index contributed by atoms with van der Waals surface area (Å²) >= 11 is 0. The molecule has 0 spiro atoms. The predicted molar refractivity (Wildman–Crippen MR) is 305 cm³/mol. The van der Waals surface area contributed by atoms with Gasteiger partial charge in [-0.05, 0) is 97.5 Å². The summed E-state index contributed by atoms with van der Waals surface area (Å²) in [6.45, 7) is 9.80. The Kier molecular flexibility index (Phi) is 47.6. The number of pyridine rings is 2. The minimum atomic E-state index is 0. The molecular formula is C56H84N12Zr2. The van der Waals surface area contributed by atoms with E-state index < -0.39 is 0 Å². The van der Waals surface area contributed by atoms with Crippen molar-refractivity contribution in [2.75, 3.05) is 123 Å². The minimum Gasteiger partial charge on any atom is -0.679 e. The summed E-state index contributed by atoms with van der Waals surface area (Å²) in [6, 6.07) is 37.4. The number of nitrogens with zero attached hydrogens (tertiary/aromatic N) is 12. The van der Waals surface area contributed by atoms with Crippen LogP contribution in [0.3, 0.4) is 0 Å². The van der Waals surface area contributed by atoms with Gasteiger partial charge in [0.25, 0.3) is 0 Å². The van der Waals surface area contributed by atoms with Gasteiger partial charge < -0.3 is 52.3 Å². The summed E-state index contributed by atoms with van der Waals surface area (Å²) in [4.78, 5) is 13.1. The van der Waals surface area contributed by atoms with Gasteiger partial charge in [0.05, 0.1) is 0 Å². The van der Waals surface area contributed by atoms with E-state index in [4.69, 9.17) is 10.6 Å². The van der Waals surface area contributed by atoms with Crippen LogP contribution in [0.15, 0.2) is 122 Å². The van der Waals surface area contributed by atoms with E-state index in [1.807, 2.05) is 48.8 Å². The fourth-order valence-electron chi connectivity index (χ4n) is 6.23. The van der Waals surface area contributed by atoms with E-state index in [-0.39, 0.29) is 52.4 Å². The van der Waals surface area contributed by atoms with Gasteiger partial charge in [-0.15, -0.1) is 11.4 Å². The van der Waals surface area contributed by atoms with Gasteiger partial charge in [-0.2, -0.15) is 84.6 Å². The maximum Gasteiger partial charge on any atom is 4.00 e. The van der Waals surface area contributed by atoms with Crippen molar-refractivity contribution in [3.8, 4) is 22.3 Å². The van der Waals surface area contributed by atoms with E-state index in [2.05, 4.69) is 180 Å². The summed E-state index contributed by atoms with van der Waals surface area (Å²) in [5.41, 5.74) is 16.3. The van der Waals surface area contributed by atoms with E-state index in [1.54, 1.807) is 84.6 Å². The monoisotopic (exact) mass is 1100 g/mol. The fourth-order valence-corrected chi connectivity index (χ4v) is 6.23. The topological polar surface area (TPSA) is 145 Å². The maximum absolute atomic E-state index is 4.87. The van der Waals surface area contributed by atoms with Crippen molar-refractivity contribution in [2.24, 2.45) is 0 Å². The third-order valence-corrected chi connectivity index (χ3v) is 8.74. The van der Waals surface area contributed by atoms with Gasteiger partial charge >= 0.3 is 52.4 Å². The van der Waals surface area contributed by atoms with Crippen LogP contribution in [0.2, 0.25) is 0 Å². The molecule has 6 aromatic rings. The van der Waals surface area contributed by atoms with Crippen molar-refractivity contribution in [2.45, 2.75) is 40.8 Å². The van der Waals surface area contributed by atoms with Crippen LogP contribution in [0, 0.1) is 27.7 Å². The second kappa shape index (κ2) is 46.0. The Balaban J connectivity index is -0.000000455. The van der Waals surface area contributed by atoms with Gasteiger partial charge in [-0.25, -0.2) is 0 Å². The molecule has 0 unspecified atom stereocenters. The van der Waals surface area contributed by atoms with Crippen LogP contribution < -0.4 is 9.80 Å². The molecule has 6 rings (SSSR count). The Morgan fingerprint density at radius 2 is 0.600 bits per heavy atom. The molecule has 0 aliphatic rings. The molecule has 70 heavy (non-hydrogen) atoms. The van der Waals surface area contributed by atoms with Crippen LogP contribution in [0.25, 0.3) is 64.8 Å². The summed E-state index contributed by atoms with van der Waals surface area (Å²) in [5, 5.41) is 30.7. The summed E-state index contributed by atoms with van der Waals surface area (Å²) < 4.78 is 0. The van der Waals surface area contributed by atoms with Crippen molar-refractivity contribution in [1.29, 1.82) is 0 Å². The molecule has 0 saturated heterocycles.